The molecule has 0 aliphatic carbocycles. The van der Waals surface area contributed by atoms with Crippen molar-refractivity contribution in [3.63, 3.8) is 0 Å². The van der Waals surface area contributed by atoms with E-state index in [1.54, 1.807) is 13.1 Å². The number of carbonyl (C=O) groups is 1. The van der Waals surface area contributed by atoms with Gasteiger partial charge in [-0.15, -0.1) is 0 Å². The summed E-state index contributed by atoms with van der Waals surface area (Å²) in [5.41, 5.74) is 2.73. The van der Waals surface area contributed by atoms with Crippen molar-refractivity contribution in [3.8, 4) is 11.3 Å². The quantitative estimate of drug-likeness (QED) is 0.802. The standard InChI is InChI=1S/C16H18N2O2/c1-12(19)13-5-4-6-14(11-13)15-8-9-17-18(15)16-7-2-3-10-20-16/h4-6,8-9,11,16H,2-3,7,10H2,1H3. The molecule has 0 amide bonds. The Bertz CT molecular complexity index is 612. The highest BCUT2D eigenvalue weighted by molar-refractivity contribution is 5.95. The number of ether oxygens (including phenoxy) is 1. The molecule has 1 aliphatic rings. The minimum atomic E-state index is 0.00901. The minimum Gasteiger partial charge on any atom is -0.356 e. The van der Waals surface area contributed by atoms with E-state index in [1.807, 2.05) is 35.0 Å². The number of aromatic nitrogens is 2. The Hall–Kier alpha value is -1.94. The molecule has 3 rings (SSSR count). The molecular formula is C16H18N2O2. The fourth-order valence-corrected chi connectivity index (χ4v) is 2.59. The lowest BCUT2D eigenvalue weighted by molar-refractivity contribution is -0.0383. The summed E-state index contributed by atoms with van der Waals surface area (Å²) in [6.07, 6.45) is 5.06. The maximum Gasteiger partial charge on any atom is 0.159 e. The lowest BCUT2D eigenvalue weighted by Gasteiger charge is -2.24. The molecule has 0 saturated carbocycles. The van der Waals surface area contributed by atoms with Crippen LogP contribution < -0.4 is 0 Å². The van der Waals surface area contributed by atoms with E-state index in [2.05, 4.69) is 5.10 Å². The van der Waals surface area contributed by atoms with Crippen molar-refractivity contribution in [1.29, 1.82) is 0 Å². The number of hydrogen-bond donors (Lipinski definition) is 0. The Morgan fingerprint density at radius 1 is 1.35 bits per heavy atom. The summed E-state index contributed by atoms with van der Waals surface area (Å²) in [6, 6.07) is 9.63. The predicted molar refractivity (Wildman–Crippen MR) is 76.5 cm³/mol. The van der Waals surface area contributed by atoms with Crippen LogP contribution in [0.4, 0.5) is 0 Å². The summed E-state index contributed by atoms with van der Waals surface area (Å²) < 4.78 is 7.72. The fourth-order valence-electron chi connectivity index (χ4n) is 2.59. The Balaban J connectivity index is 1.96. The third kappa shape index (κ3) is 2.51. The van der Waals surface area contributed by atoms with E-state index in [0.717, 1.165) is 42.7 Å². The first-order valence-corrected chi connectivity index (χ1v) is 7.02. The zero-order chi connectivity index (χ0) is 13.9. The molecule has 0 N–H and O–H groups in total. The molecule has 1 saturated heterocycles. The van der Waals surface area contributed by atoms with Crippen molar-refractivity contribution < 1.29 is 9.53 Å². The van der Waals surface area contributed by atoms with Gasteiger partial charge in [-0.1, -0.05) is 18.2 Å². The molecule has 0 spiro atoms. The summed E-state index contributed by atoms with van der Waals surface area (Å²) in [4.78, 5) is 11.5. The lowest BCUT2D eigenvalue weighted by atomic mass is 10.1. The van der Waals surface area contributed by atoms with E-state index in [-0.39, 0.29) is 12.0 Å². The molecule has 0 radical (unpaired) electrons. The van der Waals surface area contributed by atoms with Crippen LogP contribution in [0.2, 0.25) is 0 Å². The van der Waals surface area contributed by atoms with Crippen LogP contribution >= 0.6 is 0 Å². The van der Waals surface area contributed by atoms with Gasteiger partial charge in [0.15, 0.2) is 12.0 Å². The largest absolute Gasteiger partial charge is 0.356 e. The molecule has 1 atom stereocenters. The Morgan fingerprint density at radius 3 is 3.00 bits per heavy atom. The number of hydrogen-bond acceptors (Lipinski definition) is 3. The SMILES string of the molecule is CC(=O)c1cccc(-c2ccnn2C2CCCCO2)c1. The van der Waals surface area contributed by atoms with Gasteiger partial charge in [0.1, 0.15) is 0 Å². The zero-order valence-corrected chi connectivity index (χ0v) is 11.6. The average molecular weight is 270 g/mol. The van der Waals surface area contributed by atoms with Gasteiger partial charge in [-0.25, -0.2) is 4.68 Å². The molecule has 2 aromatic rings. The smallest absolute Gasteiger partial charge is 0.159 e. The van der Waals surface area contributed by atoms with Crippen molar-refractivity contribution in [1.82, 2.24) is 9.78 Å². The highest BCUT2D eigenvalue weighted by Gasteiger charge is 2.19. The number of rotatable bonds is 3. The van der Waals surface area contributed by atoms with Gasteiger partial charge in [0.2, 0.25) is 0 Å². The Labute approximate surface area is 118 Å². The van der Waals surface area contributed by atoms with Crippen LogP contribution in [0.1, 0.15) is 42.8 Å². The molecule has 4 heteroatoms. The van der Waals surface area contributed by atoms with Gasteiger partial charge in [-0.05, 0) is 38.3 Å². The number of ketones is 1. The molecule has 1 unspecified atom stereocenters. The van der Waals surface area contributed by atoms with Gasteiger partial charge in [-0.2, -0.15) is 5.10 Å². The summed E-state index contributed by atoms with van der Waals surface area (Å²) in [5, 5.41) is 4.40. The van der Waals surface area contributed by atoms with Crippen molar-refractivity contribution in [2.75, 3.05) is 6.61 Å². The molecule has 1 aromatic carbocycles. The van der Waals surface area contributed by atoms with Crippen LogP contribution in [0.15, 0.2) is 36.5 Å². The monoisotopic (exact) mass is 270 g/mol. The highest BCUT2D eigenvalue weighted by Crippen LogP contribution is 2.28. The summed E-state index contributed by atoms with van der Waals surface area (Å²) in [6.45, 7) is 2.37. The molecule has 1 aromatic heterocycles. The molecule has 1 fully saturated rings. The summed E-state index contributed by atoms with van der Waals surface area (Å²) >= 11 is 0. The van der Waals surface area contributed by atoms with Crippen molar-refractivity contribution in [2.45, 2.75) is 32.4 Å². The van der Waals surface area contributed by atoms with E-state index < -0.39 is 0 Å². The maximum atomic E-state index is 11.5. The average Bonchev–Trinajstić information content (AvgIpc) is 2.98. The first kappa shape index (κ1) is 13.1. The lowest BCUT2D eigenvalue weighted by Crippen LogP contribution is -2.19. The molecule has 1 aliphatic heterocycles. The summed E-state index contributed by atoms with van der Waals surface area (Å²) in [5.74, 6) is 0.0758. The Kier molecular flexibility index (Phi) is 3.65. The van der Waals surface area contributed by atoms with E-state index in [4.69, 9.17) is 4.74 Å². The van der Waals surface area contributed by atoms with Crippen LogP contribution in [-0.4, -0.2) is 22.2 Å². The molecule has 20 heavy (non-hydrogen) atoms. The summed E-state index contributed by atoms with van der Waals surface area (Å²) in [7, 11) is 0. The zero-order valence-electron chi connectivity index (χ0n) is 11.6. The fraction of sp³-hybridized carbons (Fsp3) is 0.375. The molecular weight excluding hydrogens is 252 g/mol. The normalized spacial score (nSPS) is 18.9. The van der Waals surface area contributed by atoms with Gasteiger partial charge in [-0.3, -0.25) is 4.79 Å². The maximum absolute atomic E-state index is 11.5. The number of Topliss-reactive ketones (excluding diaryl/α,β-unsaturated/α-hetero) is 1. The third-order valence-corrected chi connectivity index (χ3v) is 3.66. The van der Waals surface area contributed by atoms with Gasteiger partial charge in [0, 0.05) is 23.9 Å². The number of nitrogens with zero attached hydrogens (tertiary/aromatic N) is 2. The topological polar surface area (TPSA) is 44.1 Å². The molecule has 4 nitrogen and oxygen atoms in total. The highest BCUT2D eigenvalue weighted by atomic mass is 16.5. The van der Waals surface area contributed by atoms with Crippen LogP contribution in [0.5, 0.6) is 0 Å². The van der Waals surface area contributed by atoms with Gasteiger partial charge in [0.05, 0.1) is 5.69 Å². The van der Waals surface area contributed by atoms with Crippen LogP contribution in [0, 0.1) is 0 Å². The second-order valence-corrected chi connectivity index (χ2v) is 5.12. The minimum absolute atomic E-state index is 0.00901. The van der Waals surface area contributed by atoms with Crippen LogP contribution in [-0.2, 0) is 4.74 Å². The van der Waals surface area contributed by atoms with E-state index >= 15 is 0 Å². The first-order chi connectivity index (χ1) is 9.75. The second kappa shape index (κ2) is 5.59. The van der Waals surface area contributed by atoms with Crippen LogP contribution in [0.25, 0.3) is 11.3 Å². The van der Waals surface area contributed by atoms with Gasteiger partial charge >= 0.3 is 0 Å². The van der Waals surface area contributed by atoms with Crippen molar-refractivity contribution in [3.05, 3.63) is 42.1 Å². The van der Waals surface area contributed by atoms with Crippen LogP contribution in [0.3, 0.4) is 0 Å². The van der Waals surface area contributed by atoms with Gasteiger partial charge in [0.25, 0.3) is 0 Å². The van der Waals surface area contributed by atoms with E-state index in [1.165, 1.54) is 0 Å². The van der Waals surface area contributed by atoms with Crippen molar-refractivity contribution in [2.24, 2.45) is 0 Å². The number of carbonyl (C=O) groups excluding carboxylic acids is 1. The molecule has 2 heterocycles. The number of benzene rings is 1. The van der Waals surface area contributed by atoms with E-state index in [0.29, 0.717) is 0 Å². The van der Waals surface area contributed by atoms with Crippen molar-refractivity contribution >= 4 is 5.78 Å². The second-order valence-electron chi connectivity index (χ2n) is 5.12. The van der Waals surface area contributed by atoms with Gasteiger partial charge < -0.3 is 4.74 Å². The Morgan fingerprint density at radius 2 is 2.25 bits per heavy atom. The van der Waals surface area contributed by atoms with E-state index in [9.17, 15) is 4.79 Å². The third-order valence-electron chi connectivity index (χ3n) is 3.66. The molecule has 104 valence electrons. The first-order valence-electron chi connectivity index (χ1n) is 7.02. The molecule has 0 bridgehead atoms. The predicted octanol–water partition coefficient (Wildman–Crippen LogP) is 3.45.